The van der Waals surface area contributed by atoms with E-state index in [1.54, 1.807) is 38.5 Å². The molecule has 3 aromatic rings. The molecule has 0 saturated carbocycles. The Labute approximate surface area is 157 Å². The van der Waals surface area contributed by atoms with Crippen LogP contribution in [-0.2, 0) is 23.6 Å². The van der Waals surface area contributed by atoms with E-state index in [4.69, 9.17) is 4.74 Å². The zero-order valence-electron chi connectivity index (χ0n) is 15.4. The summed E-state index contributed by atoms with van der Waals surface area (Å²) in [5, 5.41) is 1.35. The molecule has 0 saturated heterocycles. The molecule has 1 aliphatic heterocycles. The fourth-order valence-electron chi connectivity index (χ4n) is 3.57. The van der Waals surface area contributed by atoms with Crippen LogP contribution in [0.25, 0.3) is 21.9 Å². The van der Waals surface area contributed by atoms with Gasteiger partial charge in [0.25, 0.3) is 5.56 Å². The molecule has 2 heterocycles. The van der Waals surface area contributed by atoms with Crippen molar-refractivity contribution in [3.05, 3.63) is 58.5 Å². The Balaban J connectivity index is 2.09. The first-order chi connectivity index (χ1) is 12.8. The van der Waals surface area contributed by atoms with Crippen molar-refractivity contribution in [3.63, 3.8) is 0 Å². The quantitative estimate of drug-likeness (QED) is 0.696. The van der Waals surface area contributed by atoms with Gasteiger partial charge in [-0.25, -0.2) is 8.42 Å². The molecular formula is C20H20N2O4S. The SMILES string of the molecule is CCOc1cc2c(cc1-c1cn(C)c(=O)c3ccccc13)S(=O)(=O)N(C)C2. The Kier molecular flexibility index (Phi) is 4.09. The molecule has 0 N–H and O–H groups in total. The van der Waals surface area contributed by atoms with Gasteiger partial charge in [-0.3, -0.25) is 4.79 Å². The summed E-state index contributed by atoms with van der Waals surface area (Å²) in [6.07, 6.45) is 1.74. The maximum absolute atomic E-state index is 12.7. The average molecular weight is 384 g/mol. The molecule has 7 heteroatoms. The van der Waals surface area contributed by atoms with E-state index in [-0.39, 0.29) is 5.56 Å². The van der Waals surface area contributed by atoms with Gasteiger partial charge in [-0.1, -0.05) is 18.2 Å². The molecule has 140 valence electrons. The van der Waals surface area contributed by atoms with E-state index < -0.39 is 10.0 Å². The number of hydrogen-bond donors (Lipinski definition) is 0. The molecule has 27 heavy (non-hydrogen) atoms. The van der Waals surface area contributed by atoms with E-state index in [1.165, 1.54) is 8.87 Å². The van der Waals surface area contributed by atoms with Crippen LogP contribution in [0.5, 0.6) is 5.75 Å². The Bertz CT molecular complexity index is 1230. The van der Waals surface area contributed by atoms with Crippen molar-refractivity contribution in [1.29, 1.82) is 0 Å². The smallest absolute Gasteiger partial charge is 0.258 e. The third-order valence-electron chi connectivity index (χ3n) is 4.92. The first-order valence-electron chi connectivity index (χ1n) is 8.69. The van der Waals surface area contributed by atoms with E-state index in [1.807, 2.05) is 25.1 Å². The lowest BCUT2D eigenvalue weighted by Crippen LogP contribution is -2.18. The van der Waals surface area contributed by atoms with E-state index in [0.29, 0.717) is 34.7 Å². The summed E-state index contributed by atoms with van der Waals surface area (Å²) in [6, 6.07) is 10.8. The third kappa shape index (κ3) is 2.65. The summed E-state index contributed by atoms with van der Waals surface area (Å²) >= 11 is 0. The minimum atomic E-state index is -3.51. The molecule has 0 fully saturated rings. The number of rotatable bonds is 3. The van der Waals surface area contributed by atoms with Crippen molar-refractivity contribution in [3.8, 4) is 16.9 Å². The Hall–Kier alpha value is -2.64. The van der Waals surface area contributed by atoms with Gasteiger partial charge in [0, 0.05) is 43.4 Å². The number of aryl methyl sites for hydroxylation is 1. The molecule has 4 rings (SSSR count). The summed E-state index contributed by atoms with van der Waals surface area (Å²) < 4.78 is 34.0. The van der Waals surface area contributed by atoms with Gasteiger partial charge in [-0.15, -0.1) is 0 Å². The van der Waals surface area contributed by atoms with Gasteiger partial charge in [-0.05, 0) is 36.1 Å². The van der Waals surface area contributed by atoms with Crippen LogP contribution >= 0.6 is 0 Å². The fraction of sp³-hybridized carbons (Fsp3) is 0.250. The standard InChI is InChI=1S/C20H20N2O4S/c1-4-26-18-9-13-11-22(3)27(24,25)19(13)10-16(18)17-12-21(2)20(23)15-8-6-5-7-14(15)17/h5-10,12H,4,11H2,1-3H3. The van der Waals surface area contributed by atoms with Crippen LogP contribution in [0.3, 0.4) is 0 Å². The highest BCUT2D eigenvalue weighted by molar-refractivity contribution is 7.89. The molecule has 1 aromatic heterocycles. The Morgan fingerprint density at radius 2 is 1.78 bits per heavy atom. The lowest BCUT2D eigenvalue weighted by atomic mass is 9.98. The van der Waals surface area contributed by atoms with E-state index in [2.05, 4.69) is 0 Å². The summed E-state index contributed by atoms with van der Waals surface area (Å²) in [5.74, 6) is 0.616. The lowest BCUT2D eigenvalue weighted by Gasteiger charge is -2.15. The minimum Gasteiger partial charge on any atom is -0.493 e. The molecule has 6 nitrogen and oxygen atoms in total. The number of nitrogens with zero attached hydrogens (tertiary/aromatic N) is 2. The van der Waals surface area contributed by atoms with Crippen LogP contribution in [0.15, 0.2) is 52.3 Å². The molecule has 0 amide bonds. The zero-order chi connectivity index (χ0) is 19.3. The zero-order valence-corrected chi connectivity index (χ0v) is 16.2. The monoisotopic (exact) mass is 384 g/mol. The highest BCUT2D eigenvalue weighted by atomic mass is 32.2. The topological polar surface area (TPSA) is 68.6 Å². The molecule has 0 unspecified atom stereocenters. The second-order valence-electron chi connectivity index (χ2n) is 6.65. The number of ether oxygens (including phenoxy) is 1. The van der Waals surface area contributed by atoms with Crippen molar-refractivity contribution < 1.29 is 13.2 Å². The van der Waals surface area contributed by atoms with E-state index >= 15 is 0 Å². The van der Waals surface area contributed by atoms with Gasteiger partial charge in [0.2, 0.25) is 10.0 Å². The highest BCUT2D eigenvalue weighted by Gasteiger charge is 2.33. The molecule has 1 aliphatic rings. The summed E-state index contributed by atoms with van der Waals surface area (Å²) in [6.45, 7) is 2.67. The predicted molar refractivity (Wildman–Crippen MR) is 104 cm³/mol. The van der Waals surface area contributed by atoms with Crippen molar-refractivity contribution in [2.24, 2.45) is 7.05 Å². The van der Waals surface area contributed by atoms with Crippen LogP contribution < -0.4 is 10.3 Å². The highest BCUT2D eigenvalue weighted by Crippen LogP contribution is 2.40. The third-order valence-corrected chi connectivity index (χ3v) is 6.81. The van der Waals surface area contributed by atoms with E-state index in [0.717, 1.165) is 16.5 Å². The molecular weight excluding hydrogens is 364 g/mol. The van der Waals surface area contributed by atoms with Crippen LogP contribution in [0.4, 0.5) is 0 Å². The van der Waals surface area contributed by atoms with Crippen LogP contribution in [0, 0.1) is 0 Å². The maximum atomic E-state index is 12.7. The number of pyridine rings is 1. The van der Waals surface area contributed by atoms with Gasteiger partial charge in [0.1, 0.15) is 5.75 Å². The first kappa shape index (κ1) is 17.8. The second-order valence-corrected chi connectivity index (χ2v) is 8.67. The summed E-state index contributed by atoms with van der Waals surface area (Å²) in [5.41, 5.74) is 2.06. The summed E-state index contributed by atoms with van der Waals surface area (Å²) in [7, 11) is -0.251. The average Bonchev–Trinajstić information content (AvgIpc) is 2.86. The predicted octanol–water partition coefficient (Wildman–Crippen LogP) is 2.74. The van der Waals surface area contributed by atoms with Crippen molar-refractivity contribution >= 4 is 20.8 Å². The van der Waals surface area contributed by atoms with Gasteiger partial charge >= 0.3 is 0 Å². The van der Waals surface area contributed by atoms with Crippen molar-refractivity contribution in [1.82, 2.24) is 8.87 Å². The van der Waals surface area contributed by atoms with Gasteiger partial charge in [0.15, 0.2) is 0 Å². The normalized spacial score (nSPS) is 15.8. The fourth-order valence-corrected chi connectivity index (χ4v) is 4.94. The van der Waals surface area contributed by atoms with E-state index in [9.17, 15) is 13.2 Å². The Morgan fingerprint density at radius 1 is 1.07 bits per heavy atom. The van der Waals surface area contributed by atoms with Crippen LogP contribution in [0.1, 0.15) is 12.5 Å². The Morgan fingerprint density at radius 3 is 2.48 bits per heavy atom. The van der Waals surface area contributed by atoms with Crippen molar-refractivity contribution in [2.45, 2.75) is 18.4 Å². The molecule has 0 bridgehead atoms. The van der Waals surface area contributed by atoms with Gasteiger partial charge < -0.3 is 9.30 Å². The molecule has 0 radical (unpaired) electrons. The summed E-state index contributed by atoms with van der Waals surface area (Å²) in [4.78, 5) is 12.8. The number of aromatic nitrogens is 1. The van der Waals surface area contributed by atoms with Gasteiger partial charge in [0.05, 0.1) is 11.5 Å². The molecule has 0 aliphatic carbocycles. The minimum absolute atomic E-state index is 0.0965. The van der Waals surface area contributed by atoms with Crippen molar-refractivity contribution in [2.75, 3.05) is 13.7 Å². The first-order valence-corrected chi connectivity index (χ1v) is 10.1. The van der Waals surface area contributed by atoms with Gasteiger partial charge in [-0.2, -0.15) is 4.31 Å². The largest absolute Gasteiger partial charge is 0.493 e. The number of sulfonamides is 1. The maximum Gasteiger partial charge on any atom is 0.258 e. The lowest BCUT2D eigenvalue weighted by molar-refractivity contribution is 0.341. The number of hydrogen-bond acceptors (Lipinski definition) is 4. The van der Waals surface area contributed by atoms with Crippen LogP contribution in [0.2, 0.25) is 0 Å². The van der Waals surface area contributed by atoms with Crippen LogP contribution in [-0.4, -0.2) is 30.9 Å². The second kappa shape index (κ2) is 6.21. The molecule has 2 aromatic carbocycles. The molecule has 0 atom stereocenters. The number of benzene rings is 2. The molecule has 0 spiro atoms. The number of fused-ring (bicyclic) bond motifs is 2.